The standard InChI is InChI=1S/C14H11F2NO4.BH3O3/c1-21-13-10(16)9(15)4-7-11(13)17(6-2-3-6)5-8(12(7)18)14(19)20;2-1(3)4/h4-6H,2-3H2,1H3,(H,19,20);2-4H. The van der Waals surface area contributed by atoms with E-state index in [0.717, 1.165) is 18.9 Å². The summed E-state index contributed by atoms with van der Waals surface area (Å²) < 4.78 is 33.8. The van der Waals surface area contributed by atoms with Crippen molar-refractivity contribution in [2.24, 2.45) is 0 Å². The van der Waals surface area contributed by atoms with Gasteiger partial charge in [-0.05, 0) is 18.9 Å². The van der Waals surface area contributed by atoms with Gasteiger partial charge in [-0.1, -0.05) is 0 Å². The minimum atomic E-state index is -2.17. The number of nitrogens with zero attached hydrogens (tertiary/aromatic N) is 1. The topological polar surface area (TPSA) is 129 Å². The molecule has 11 heteroatoms. The molecule has 1 saturated carbocycles. The summed E-state index contributed by atoms with van der Waals surface area (Å²) in [4.78, 5) is 23.3. The molecule has 0 radical (unpaired) electrons. The number of pyridine rings is 1. The van der Waals surface area contributed by atoms with Gasteiger partial charge in [0.05, 0.1) is 18.0 Å². The molecule has 0 saturated heterocycles. The van der Waals surface area contributed by atoms with E-state index in [0.29, 0.717) is 0 Å². The van der Waals surface area contributed by atoms with Crippen LogP contribution >= 0.6 is 0 Å². The molecule has 1 heterocycles. The van der Waals surface area contributed by atoms with Crippen LogP contribution in [0.15, 0.2) is 17.1 Å². The van der Waals surface area contributed by atoms with Crippen LogP contribution in [-0.4, -0.2) is 45.1 Å². The number of hydrogen-bond acceptors (Lipinski definition) is 6. The third-order valence-corrected chi connectivity index (χ3v) is 3.54. The molecule has 2 aromatic rings. The SMILES string of the molecule is COc1c(F)c(F)cc2c(=O)c(C(=O)O)cn(C3CC3)c12.OB(O)O. The number of benzene rings is 1. The molecule has 0 unspecified atom stereocenters. The van der Waals surface area contributed by atoms with Crippen molar-refractivity contribution < 1.29 is 38.5 Å². The Morgan fingerprint density at radius 3 is 2.32 bits per heavy atom. The maximum atomic E-state index is 13.9. The first-order valence-corrected chi connectivity index (χ1v) is 7.07. The Morgan fingerprint density at radius 2 is 1.88 bits per heavy atom. The van der Waals surface area contributed by atoms with Crippen LogP contribution in [0.25, 0.3) is 10.9 Å². The lowest BCUT2D eigenvalue weighted by Gasteiger charge is -2.15. The Labute approximate surface area is 139 Å². The van der Waals surface area contributed by atoms with Crippen molar-refractivity contribution in [3.05, 3.63) is 39.7 Å². The number of aromatic nitrogens is 1. The molecule has 0 aliphatic heterocycles. The number of fused-ring (bicyclic) bond motifs is 1. The molecular weight excluding hydrogens is 343 g/mol. The summed E-state index contributed by atoms with van der Waals surface area (Å²) >= 11 is 0. The number of carbonyl (C=O) groups is 1. The van der Waals surface area contributed by atoms with Gasteiger partial charge in [0.1, 0.15) is 5.56 Å². The smallest absolute Gasteiger partial charge is 0.491 e. The highest BCUT2D eigenvalue weighted by Crippen LogP contribution is 2.40. The quantitative estimate of drug-likeness (QED) is 0.580. The van der Waals surface area contributed by atoms with Crippen LogP contribution in [0.4, 0.5) is 8.78 Å². The number of ether oxygens (including phenoxy) is 1. The van der Waals surface area contributed by atoms with E-state index in [2.05, 4.69) is 0 Å². The minimum Gasteiger partial charge on any atom is -0.491 e. The monoisotopic (exact) mass is 357 g/mol. The summed E-state index contributed by atoms with van der Waals surface area (Å²) in [7, 11) is -0.996. The predicted octanol–water partition coefficient (Wildman–Crippen LogP) is 0.270. The van der Waals surface area contributed by atoms with Crippen LogP contribution in [0.3, 0.4) is 0 Å². The number of carboxylic acids is 1. The molecule has 1 fully saturated rings. The number of aromatic carboxylic acids is 1. The van der Waals surface area contributed by atoms with Gasteiger partial charge in [-0.2, -0.15) is 4.39 Å². The van der Waals surface area contributed by atoms with Crippen molar-refractivity contribution >= 4 is 24.2 Å². The van der Waals surface area contributed by atoms with E-state index >= 15 is 0 Å². The van der Waals surface area contributed by atoms with E-state index in [4.69, 9.17) is 24.9 Å². The van der Waals surface area contributed by atoms with Gasteiger partial charge in [0.2, 0.25) is 11.2 Å². The molecule has 0 amide bonds. The highest BCUT2D eigenvalue weighted by atomic mass is 19.2. The van der Waals surface area contributed by atoms with Gasteiger partial charge in [-0.3, -0.25) is 4.79 Å². The summed E-state index contributed by atoms with van der Waals surface area (Å²) in [6.45, 7) is 0. The predicted molar refractivity (Wildman–Crippen MR) is 82.3 cm³/mol. The molecular formula is C14H14BF2NO7. The summed E-state index contributed by atoms with van der Waals surface area (Å²) in [5.41, 5.74) is -1.23. The third-order valence-electron chi connectivity index (χ3n) is 3.54. The molecule has 0 spiro atoms. The Kier molecular flexibility index (Phi) is 5.40. The molecule has 1 aromatic heterocycles. The summed E-state index contributed by atoms with van der Waals surface area (Å²) in [6.07, 6.45) is 2.73. The van der Waals surface area contributed by atoms with Gasteiger partial charge in [0.15, 0.2) is 11.6 Å². The number of hydrogen-bond donors (Lipinski definition) is 4. The van der Waals surface area contributed by atoms with Gasteiger partial charge in [-0.15, -0.1) is 0 Å². The van der Waals surface area contributed by atoms with Crippen molar-refractivity contribution in [1.29, 1.82) is 0 Å². The molecule has 8 nitrogen and oxygen atoms in total. The second-order valence-electron chi connectivity index (χ2n) is 5.26. The average molecular weight is 357 g/mol. The minimum absolute atomic E-state index is 0.0371. The number of carboxylic acid groups (broad SMARTS) is 1. The zero-order chi connectivity index (χ0) is 18.9. The number of rotatable bonds is 3. The molecule has 25 heavy (non-hydrogen) atoms. The molecule has 0 bridgehead atoms. The van der Waals surface area contributed by atoms with Gasteiger partial charge in [0.25, 0.3) is 0 Å². The molecule has 1 aromatic carbocycles. The van der Waals surface area contributed by atoms with Gasteiger partial charge in [-0.25, -0.2) is 9.18 Å². The van der Waals surface area contributed by atoms with Crippen molar-refractivity contribution in [2.75, 3.05) is 7.11 Å². The second kappa shape index (κ2) is 7.17. The van der Waals surface area contributed by atoms with Crippen LogP contribution in [0.5, 0.6) is 5.75 Å². The molecule has 3 rings (SSSR count). The molecule has 1 aliphatic carbocycles. The Balaban J connectivity index is 0.000000511. The molecule has 134 valence electrons. The van der Waals surface area contributed by atoms with Gasteiger partial charge >= 0.3 is 13.3 Å². The van der Waals surface area contributed by atoms with Crippen molar-refractivity contribution in [1.82, 2.24) is 4.57 Å². The molecule has 0 atom stereocenters. The lowest BCUT2D eigenvalue weighted by atomic mass is 10.1. The van der Waals surface area contributed by atoms with E-state index in [1.807, 2.05) is 0 Å². The highest BCUT2D eigenvalue weighted by molar-refractivity contribution is 6.30. The van der Waals surface area contributed by atoms with Crippen LogP contribution in [0.1, 0.15) is 29.2 Å². The fraction of sp³-hybridized carbons (Fsp3) is 0.286. The summed E-state index contributed by atoms with van der Waals surface area (Å²) in [5, 5.41) is 30.4. The zero-order valence-corrected chi connectivity index (χ0v) is 12.9. The highest BCUT2D eigenvalue weighted by Gasteiger charge is 2.30. The van der Waals surface area contributed by atoms with Crippen LogP contribution in [0.2, 0.25) is 0 Å². The average Bonchev–Trinajstić information content (AvgIpc) is 3.33. The van der Waals surface area contributed by atoms with Gasteiger partial charge in [0, 0.05) is 12.2 Å². The first-order valence-electron chi connectivity index (χ1n) is 7.07. The van der Waals surface area contributed by atoms with Crippen LogP contribution in [-0.2, 0) is 0 Å². The van der Waals surface area contributed by atoms with E-state index < -0.39 is 35.9 Å². The van der Waals surface area contributed by atoms with Crippen molar-refractivity contribution in [3.8, 4) is 5.75 Å². The lowest BCUT2D eigenvalue weighted by Crippen LogP contribution is -2.19. The Morgan fingerprint density at radius 1 is 1.32 bits per heavy atom. The van der Waals surface area contributed by atoms with E-state index in [-0.39, 0.29) is 22.7 Å². The molecule has 1 aliphatic rings. The number of methoxy groups -OCH3 is 1. The summed E-state index contributed by atoms with van der Waals surface area (Å²) in [5.74, 6) is -4.23. The Hall–Kier alpha value is -2.50. The van der Waals surface area contributed by atoms with Crippen LogP contribution < -0.4 is 10.2 Å². The second-order valence-corrected chi connectivity index (χ2v) is 5.26. The maximum Gasteiger partial charge on any atom is 0.631 e. The van der Waals surface area contributed by atoms with E-state index in [9.17, 15) is 18.4 Å². The maximum absolute atomic E-state index is 13.9. The fourth-order valence-electron chi connectivity index (χ4n) is 2.41. The first kappa shape index (κ1) is 18.8. The molecule has 4 N–H and O–H groups in total. The lowest BCUT2D eigenvalue weighted by molar-refractivity contribution is 0.0694. The summed E-state index contributed by atoms with van der Waals surface area (Å²) in [6, 6.07) is 0.686. The zero-order valence-electron chi connectivity index (χ0n) is 12.9. The number of halogens is 2. The fourth-order valence-corrected chi connectivity index (χ4v) is 2.41. The normalized spacial score (nSPS) is 13.2. The third kappa shape index (κ3) is 3.78. The van der Waals surface area contributed by atoms with Crippen molar-refractivity contribution in [3.63, 3.8) is 0 Å². The van der Waals surface area contributed by atoms with E-state index in [1.54, 1.807) is 0 Å². The largest absolute Gasteiger partial charge is 0.631 e. The Bertz CT molecular complexity index is 877. The van der Waals surface area contributed by atoms with E-state index in [1.165, 1.54) is 17.9 Å². The van der Waals surface area contributed by atoms with Crippen molar-refractivity contribution in [2.45, 2.75) is 18.9 Å². The van der Waals surface area contributed by atoms with Crippen LogP contribution in [0, 0.1) is 11.6 Å². The van der Waals surface area contributed by atoms with Gasteiger partial charge < -0.3 is 29.5 Å². The first-order chi connectivity index (χ1) is 11.7.